The molecule has 1 aliphatic rings. The molecule has 0 bridgehead atoms. The molecule has 1 unspecified atom stereocenters. The highest BCUT2D eigenvalue weighted by molar-refractivity contribution is 9.10. The Morgan fingerprint density at radius 1 is 1.30 bits per heavy atom. The fourth-order valence-electron chi connectivity index (χ4n) is 2.98. The van der Waals surface area contributed by atoms with Crippen LogP contribution in [-0.4, -0.2) is 18.5 Å². The summed E-state index contributed by atoms with van der Waals surface area (Å²) in [5.74, 6) is 0.620. The lowest BCUT2D eigenvalue weighted by atomic mass is 9.84. The molecule has 0 heterocycles. The zero-order chi connectivity index (χ0) is 14.4. The normalized spacial score (nSPS) is 17.7. The number of amides is 1. The SMILES string of the molecule is NCC(NC(=O)Cc1ccccc1Br)C1CCCCC1. The molecule has 0 radical (unpaired) electrons. The Hall–Kier alpha value is -0.870. The van der Waals surface area contributed by atoms with E-state index in [1.165, 1.54) is 32.1 Å². The zero-order valence-corrected chi connectivity index (χ0v) is 13.4. The summed E-state index contributed by atoms with van der Waals surface area (Å²) in [5, 5.41) is 3.13. The van der Waals surface area contributed by atoms with Crippen LogP contribution >= 0.6 is 15.9 Å². The molecule has 0 aromatic heterocycles. The van der Waals surface area contributed by atoms with Crippen molar-refractivity contribution in [2.45, 2.75) is 44.6 Å². The second-order valence-electron chi connectivity index (χ2n) is 5.58. The Balaban J connectivity index is 1.90. The van der Waals surface area contributed by atoms with Crippen molar-refractivity contribution in [1.82, 2.24) is 5.32 Å². The first-order valence-corrected chi connectivity index (χ1v) is 8.23. The van der Waals surface area contributed by atoms with Crippen LogP contribution in [0.3, 0.4) is 0 Å². The zero-order valence-electron chi connectivity index (χ0n) is 11.8. The fourth-order valence-corrected chi connectivity index (χ4v) is 3.40. The topological polar surface area (TPSA) is 55.1 Å². The minimum Gasteiger partial charge on any atom is -0.352 e. The first-order valence-electron chi connectivity index (χ1n) is 7.43. The molecule has 0 saturated heterocycles. The number of nitrogens with two attached hydrogens (primary N) is 1. The minimum absolute atomic E-state index is 0.0675. The molecule has 1 aromatic rings. The highest BCUT2D eigenvalue weighted by Gasteiger charge is 2.24. The van der Waals surface area contributed by atoms with Crippen molar-refractivity contribution in [2.24, 2.45) is 11.7 Å². The number of benzene rings is 1. The van der Waals surface area contributed by atoms with Crippen LogP contribution in [0.1, 0.15) is 37.7 Å². The lowest BCUT2D eigenvalue weighted by Crippen LogP contribution is -2.46. The summed E-state index contributed by atoms with van der Waals surface area (Å²) in [6.07, 6.45) is 6.64. The molecule has 20 heavy (non-hydrogen) atoms. The molecule has 1 amide bonds. The first-order chi connectivity index (χ1) is 9.70. The summed E-state index contributed by atoms with van der Waals surface area (Å²) in [6.45, 7) is 0.534. The van der Waals surface area contributed by atoms with Gasteiger partial charge in [0.25, 0.3) is 0 Å². The molecule has 4 heteroatoms. The highest BCUT2D eigenvalue weighted by atomic mass is 79.9. The molecular formula is C16H23BrN2O. The summed E-state index contributed by atoms with van der Waals surface area (Å²) in [5.41, 5.74) is 6.87. The number of halogens is 1. The van der Waals surface area contributed by atoms with E-state index >= 15 is 0 Å². The summed E-state index contributed by atoms with van der Waals surface area (Å²) in [6, 6.07) is 7.97. The minimum atomic E-state index is 0.0675. The van der Waals surface area contributed by atoms with Gasteiger partial charge >= 0.3 is 0 Å². The fraction of sp³-hybridized carbons (Fsp3) is 0.562. The van der Waals surface area contributed by atoms with Crippen molar-refractivity contribution < 1.29 is 4.79 Å². The molecular weight excluding hydrogens is 316 g/mol. The average molecular weight is 339 g/mol. The Morgan fingerprint density at radius 3 is 2.65 bits per heavy atom. The maximum absolute atomic E-state index is 12.2. The molecule has 2 rings (SSSR count). The third-order valence-corrected chi connectivity index (χ3v) is 4.90. The number of hydrogen-bond acceptors (Lipinski definition) is 2. The van der Waals surface area contributed by atoms with Gasteiger partial charge in [-0.1, -0.05) is 53.4 Å². The van der Waals surface area contributed by atoms with Crippen LogP contribution in [0, 0.1) is 5.92 Å². The standard InChI is InChI=1S/C16H23BrN2O/c17-14-9-5-4-8-13(14)10-16(20)19-15(11-18)12-6-2-1-3-7-12/h4-5,8-9,12,15H,1-3,6-7,10-11,18H2,(H,19,20). The van der Waals surface area contributed by atoms with E-state index in [2.05, 4.69) is 21.2 Å². The van der Waals surface area contributed by atoms with Crippen molar-refractivity contribution >= 4 is 21.8 Å². The maximum atomic E-state index is 12.2. The lowest BCUT2D eigenvalue weighted by Gasteiger charge is -2.30. The first kappa shape index (κ1) is 15.5. The van der Waals surface area contributed by atoms with Crippen LogP contribution in [0.2, 0.25) is 0 Å². The molecule has 3 N–H and O–H groups in total. The van der Waals surface area contributed by atoms with Gasteiger partial charge in [0.05, 0.1) is 6.42 Å². The quantitative estimate of drug-likeness (QED) is 0.866. The Labute approximate surface area is 129 Å². The Morgan fingerprint density at radius 2 is 2.00 bits per heavy atom. The summed E-state index contributed by atoms with van der Waals surface area (Å²) in [7, 11) is 0. The molecule has 110 valence electrons. The van der Waals surface area contributed by atoms with Gasteiger partial charge in [-0.05, 0) is 30.4 Å². The summed E-state index contributed by atoms with van der Waals surface area (Å²) >= 11 is 3.48. The molecule has 0 aliphatic heterocycles. The number of rotatable bonds is 5. The van der Waals surface area contributed by atoms with E-state index in [1.54, 1.807) is 0 Å². The van der Waals surface area contributed by atoms with Gasteiger partial charge < -0.3 is 11.1 Å². The van der Waals surface area contributed by atoms with Gasteiger partial charge in [-0.25, -0.2) is 0 Å². The molecule has 0 spiro atoms. The second-order valence-corrected chi connectivity index (χ2v) is 6.43. The monoisotopic (exact) mass is 338 g/mol. The highest BCUT2D eigenvalue weighted by Crippen LogP contribution is 2.26. The van der Waals surface area contributed by atoms with Crippen LogP contribution in [0.4, 0.5) is 0 Å². The van der Waals surface area contributed by atoms with Gasteiger partial charge in [0.2, 0.25) is 5.91 Å². The lowest BCUT2D eigenvalue weighted by molar-refractivity contribution is -0.121. The van der Waals surface area contributed by atoms with Crippen molar-refractivity contribution in [2.75, 3.05) is 6.54 Å². The van der Waals surface area contributed by atoms with Gasteiger partial charge in [-0.2, -0.15) is 0 Å². The Kier molecular flexibility index (Phi) is 6.05. The van der Waals surface area contributed by atoms with Gasteiger partial charge in [-0.3, -0.25) is 4.79 Å². The van der Waals surface area contributed by atoms with Crippen molar-refractivity contribution in [3.05, 3.63) is 34.3 Å². The van der Waals surface area contributed by atoms with Gasteiger partial charge in [-0.15, -0.1) is 0 Å². The van der Waals surface area contributed by atoms with Gasteiger partial charge in [0, 0.05) is 17.1 Å². The maximum Gasteiger partial charge on any atom is 0.224 e. The van der Waals surface area contributed by atoms with Crippen molar-refractivity contribution in [1.29, 1.82) is 0 Å². The number of nitrogens with one attached hydrogen (secondary N) is 1. The van der Waals surface area contributed by atoms with Crippen molar-refractivity contribution in [3.8, 4) is 0 Å². The van der Waals surface area contributed by atoms with Crippen molar-refractivity contribution in [3.63, 3.8) is 0 Å². The smallest absolute Gasteiger partial charge is 0.224 e. The molecule has 1 fully saturated rings. The van der Waals surface area contributed by atoms with E-state index < -0.39 is 0 Å². The summed E-state index contributed by atoms with van der Waals surface area (Å²) in [4.78, 5) is 12.2. The van der Waals surface area contributed by atoms with E-state index in [9.17, 15) is 4.79 Å². The van der Waals surface area contributed by atoms with E-state index in [1.807, 2.05) is 24.3 Å². The molecule has 1 saturated carbocycles. The van der Waals surface area contributed by atoms with Crippen LogP contribution in [-0.2, 0) is 11.2 Å². The second kappa shape index (κ2) is 7.79. The molecule has 1 aliphatic carbocycles. The van der Waals surface area contributed by atoms with Gasteiger partial charge in [0.15, 0.2) is 0 Å². The van der Waals surface area contributed by atoms with Gasteiger partial charge in [0.1, 0.15) is 0 Å². The van der Waals surface area contributed by atoms with E-state index in [4.69, 9.17) is 5.73 Å². The van der Waals surface area contributed by atoms with E-state index in [0.717, 1.165) is 10.0 Å². The van der Waals surface area contributed by atoms with Crippen LogP contribution in [0.25, 0.3) is 0 Å². The average Bonchev–Trinajstić information content (AvgIpc) is 2.48. The third kappa shape index (κ3) is 4.32. The summed E-state index contributed by atoms with van der Waals surface area (Å²) < 4.78 is 0.983. The van der Waals surface area contributed by atoms with Crippen LogP contribution < -0.4 is 11.1 Å². The molecule has 1 atom stereocenters. The van der Waals surface area contributed by atoms with E-state index in [0.29, 0.717) is 18.9 Å². The largest absolute Gasteiger partial charge is 0.352 e. The Bertz CT molecular complexity index is 444. The number of carbonyl (C=O) groups excluding carboxylic acids is 1. The number of hydrogen-bond donors (Lipinski definition) is 2. The predicted octanol–water partition coefficient (Wildman–Crippen LogP) is 3.02. The number of carbonyl (C=O) groups is 1. The molecule has 1 aromatic carbocycles. The van der Waals surface area contributed by atoms with Crippen LogP contribution in [0.5, 0.6) is 0 Å². The third-order valence-electron chi connectivity index (χ3n) is 4.13. The van der Waals surface area contributed by atoms with E-state index in [-0.39, 0.29) is 11.9 Å². The molecule has 3 nitrogen and oxygen atoms in total. The predicted molar refractivity (Wildman–Crippen MR) is 85.4 cm³/mol. The van der Waals surface area contributed by atoms with Crippen LogP contribution in [0.15, 0.2) is 28.7 Å².